The van der Waals surface area contributed by atoms with Crippen LogP contribution in [0.3, 0.4) is 0 Å². The van der Waals surface area contributed by atoms with Crippen molar-refractivity contribution in [2.45, 2.75) is 13.0 Å². The SMILES string of the molecule is CCOc1ccc(C2/C(=C(\O)c3ccc(OC)cc3)C(=O)C(=O)N2c2ccc(N(C)C)cc2)cc1. The number of nitrogens with zero attached hydrogens (tertiary/aromatic N) is 2. The summed E-state index contributed by atoms with van der Waals surface area (Å²) in [5, 5.41) is 11.2. The Hall–Kier alpha value is -4.26. The number of benzene rings is 3. The van der Waals surface area contributed by atoms with E-state index in [4.69, 9.17) is 9.47 Å². The summed E-state index contributed by atoms with van der Waals surface area (Å²) >= 11 is 0. The second-order valence-electron chi connectivity index (χ2n) is 8.31. The van der Waals surface area contributed by atoms with Gasteiger partial charge in [-0.1, -0.05) is 12.1 Å². The molecule has 0 aliphatic carbocycles. The maximum atomic E-state index is 13.3. The minimum absolute atomic E-state index is 0.0287. The topological polar surface area (TPSA) is 79.3 Å². The van der Waals surface area contributed by atoms with Crippen LogP contribution in [-0.4, -0.2) is 44.6 Å². The van der Waals surface area contributed by atoms with Crippen LogP contribution >= 0.6 is 0 Å². The normalized spacial score (nSPS) is 16.9. The van der Waals surface area contributed by atoms with Crippen LogP contribution in [0.5, 0.6) is 11.5 Å². The molecule has 1 saturated heterocycles. The van der Waals surface area contributed by atoms with Gasteiger partial charge < -0.3 is 19.5 Å². The summed E-state index contributed by atoms with van der Waals surface area (Å²) in [7, 11) is 5.40. The molecular weight excluding hydrogens is 444 g/mol. The van der Waals surface area contributed by atoms with Crippen molar-refractivity contribution in [3.63, 3.8) is 0 Å². The minimum Gasteiger partial charge on any atom is -0.507 e. The van der Waals surface area contributed by atoms with Crippen LogP contribution in [0.15, 0.2) is 78.4 Å². The van der Waals surface area contributed by atoms with E-state index in [1.54, 1.807) is 55.6 Å². The van der Waals surface area contributed by atoms with E-state index in [9.17, 15) is 14.7 Å². The van der Waals surface area contributed by atoms with Crippen LogP contribution in [0, 0.1) is 0 Å². The third-order valence-electron chi connectivity index (χ3n) is 5.96. The molecule has 1 amide bonds. The summed E-state index contributed by atoms with van der Waals surface area (Å²) in [6, 6.07) is 20.5. The Bertz CT molecular complexity index is 1250. The van der Waals surface area contributed by atoms with Gasteiger partial charge in [0, 0.05) is 31.0 Å². The van der Waals surface area contributed by atoms with Crippen molar-refractivity contribution < 1.29 is 24.2 Å². The predicted molar refractivity (Wildman–Crippen MR) is 136 cm³/mol. The summed E-state index contributed by atoms with van der Waals surface area (Å²) in [6.07, 6.45) is 0. The molecule has 1 unspecified atom stereocenters. The molecule has 1 aliphatic heterocycles. The number of rotatable bonds is 7. The lowest BCUT2D eigenvalue weighted by Gasteiger charge is -2.26. The lowest BCUT2D eigenvalue weighted by Crippen LogP contribution is -2.29. The average Bonchev–Trinajstić information content (AvgIpc) is 3.14. The molecule has 1 atom stereocenters. The highest BCUT2D eigenvalue weighted by Crippen LogP contribution is 2.42. The molecule has 4 rings (SSSR count). The van der Waals surface area contributed by atoms with Crippen molar-refractivity contribution in [2.75, 3.05) is 37.6 Å². The second-order valence-corrected chi connectivity index (χ2v) is 8.31. The second kappa shape index (κ2) is 9.93. The Kier molecular flexibility index (Phi) is 6.78. The molecule has 0 spiro atoms. The van der Waals surface area contributed by atoms with Gasteiger partial charge in [-0.15, -0.1) is 0 Å². The fourth-order valence-electron chi connectivity index (χ4n) is 4.14. The van der Waals surface area contributed by atoms with Crippen molar-refractivity contribution in [1.29, 1.82) is 0 Å². The third kappa shape index (κ3) is 4.57. The molecule has 3 aromatic rings. The van der Waals surface area contributed by atoms with Crippen molar-refractivity contribution >= 4 is 28.8 Å². The summed E-state index contributed by atoms with van der Waals surface area (Å²) in [6.45, 7) is 2.42. The number of ketones is 1. The maximum Gasteiger partial charge on any atom is 0.300 e. The van der Waals surface area contributed by atoms with Crippen LogP contribution in [0.1, 0.15) is 24.1 Å². The Balaban J connectivity index is 1.86. The Labute approximate surface area is 204 Å². The first-order valence-electron chi connectivity index (χ1n) is 11.3. The highest BCUT2D eigenvalue weighted by Gasteiger charge is 2.47. The summed E-state index contributed by atoms with van der Waals surface area (Å²) in [5.41, 5.74) is 2.65. The van der Waals surface area contributed by atoms with Crippen LogP contribution in [0.25, 0.3) is 5.76 Å². The molecule has 0 bridgehead atoms. The van der Waals surface area contributed by atoms with Crippen molar-refractivity contribution in [1.82, 2.24) is 0 Å². The number of hydrogen-bond acceptors (Lipinski definition) is 6. The number of carbonyl (C=O) groups is 2. The smallest absolute Gasteiger partial charge is 0.300 e. The molecule has 0 aromatic heterocycles. The lowest BCUT2D eigenvalue weighted by molar-refractivity contribution is -0.132. The zero-order valence-corrected chi connectivity index (χ0v) is 20.2. The van der Waals surface area contributed by atoms with Gasteiger partial charge in [0.2, 0.25) is 0 Å². The number of ether oxygens (including phenoxy) is 2. The van der Waals surface area contributed by atoms with E-state index in [-0.39, 0.29) is 11.3 Å². The molecule has 1 aliphatic rings. The van der Waals surface area contributed by atoms with E-state index in [0.29, 0.717) is 34.9 Å². The average molecular weight is 473 g/mol. The molecule has 1 fully saturated rings. The van der Waals surface area contributed by atoms with Gasteiger partial charge >= 0.3 is 0 Å². The van der Waals surface area contributed by atoms with Crippen molar-refractivity contribution in [3.8, 4) is 11.5 Å². The van der Waals surface area contributed by atoms with Gasteiger partial charge in [-0.05, 0) is 73.2 Å². The number of anilines is 2. The number of Topliss-reactive ketones (excluding diaryl/α,β-unsaturated/α-hetero) is 1. The first-order chi connectivity index (χ1) is 16.8. The van der Waals surface area contributed by atoms with E-state index < -0.39 is 17.7 Å². The number of methoxy groups -OCH3 is 1. The standard InChI is InChI=1S/C28H28N2O5/c1-5-35-23-16-6-18(7-17-23)25-24(26(31)19-8-14-22(34-4)15-9-19)27(32)28(33)30(25)21-12-10-20(11-13-21)29(2)3/h6-17,25,31H,5H2,1-4H3/b26-24+. The Morgan fingerprint density at radius 1 is 0.914 bits per heavy atom. The summed E-state index contributed by atoms with van der Waals surface area (Å²) in [5.74, 6) is -0.382. The highest BCUT2D eigenvalue weighted by molar-refractivity contribution is 6.51. The molecule has 3 aromatic carbocycles. The first-order valence-corrected chi connectivity index (χ1v) is 11.3. The van der Waals surface area contributed by atoms with E-state index in [1.807, 2.05) is 50.2 Å². The predicted octanol–water partition coefficient (Wildman–Crippen LogP) is 4.79. The Morgan fingerprint density at radius 2 is 1.51 bits per heavy atom. The molecule has 7 heteroatoms. The molecule has 0 radical (unpaired) electrons. The van der Waals surface area contributed by atoms with Gasteiger partial charge in [0.1, 0.15) is 17.3 Å². The molecular formula is C28H28N2O5. The van der Waals surface area contributed by atoms with Crippen molar-refractivity contribution in [2.24, 2.45) is 0 Å². The fourth-order valence-corrected chi connectivity index (χ4v) is 4.14. The van der Waals surface area contributed by atoms with Gasteiger partial charge in [0.25, 0.3) is 11.7 Å². The fraction of sp³-hybridized carbons (Fsp3) is 0.214. The van der Waals surface area contributed by atoms with Gasteiger partial charge in [0.15, 0.2) is 0 Å². The molecule has 1 N–H and O–H groups in total. The lowest BCUT2D eigenvalue weighted by atomic mass is 9.95. The molecule has 180 valence electrons. The Morgan fingerprint density at radius 3 is 2.06 bits per heavy atom. The summed E-state index contributed by atoms with van der Waals surface area (Å²) in [4.78, 5) is 30.0. The van der Waals surface area contributed by atoms with Crippen LogP contribution in [-0.2, 0) is 9.59 Å². The molecule has 0 saturated carbocycles. The zero-order chi connectivity index (χ0) is 25.1. The molecule has 35 heavy (non-hydrogen) atoms. The number of amides is 1. The quantitative estimate of drug-likeness (QED) is 0.303. The van der Waals surface area contributed by atoms with E-state index in [2.05, 4.69) is 0 Å². The van der Waals surface area contributed by atoms with Crippen LogP contribution in [0.4, 0.5) is 11.4 Å². The van der Waals surface area contributed by atoms with Crippen LogP contribution in [0.2, 0.25) is 0 Å². The van der Waals surface area contributed by atoms with Gasteiger partial charge in [0.05, 0.1) is 25.3 Å². The number of aliphatic hydroxyl groups excluding tert-OH is 1. The monoisotopic (exact) mass is 472 g/mol. The summed E-state index contributed by atoms with van der Waals surface area (Å²) < 4.78 is 10.7. The maximum absolute atomic E-state index is 13.3. The number of aliphatic hydroxyl groups is 1. The highest BCUT2D eigenvalue weighted by atomic mass is 16.5. The van der Waals surface area contributed by atoms with E-state index >= 15 is 0 Å². The largest absolute Gasteiger partial charge is 0.507 e. The first kappa shape index (κ1) is 23.9. The molecule has 7 nitrogen and oxygen atoms in total. The molecule has 1 heterocycles. The van der Waals surface area contributed by atoms with Gasteiger partial charge in [-0.2, -0.15) is 0 Å². The zero-order valence-electron chi connectivity index (χ0n) is 20.2. The van der Waals surface area contributed by atoms with Gasteiger partial charge in [-0.25, -0.2) is 0 Å². The number of carbonyl (C=O) groups excluding carboxylic acids is 2. The van der Waals surface area contributed by atoms with Crippen molar-refractivity contribution in [3.05, 3.63) is 89.5 Å². The third-order valence-corrected chi connectivity index (χ3v) is 5.96. The van der Waals surface area contributed by atoms with Gasteiger partial charge in [-0.3, -0.25) is 14.5 Å². The van der Waals surface area contributed by atoms with Crippen LogP contribution < -0.4 is 19.3 Å². The van der Waals surface area contributed by atoms with E-state index in [1.165, 1.54) is 4.90 Å². The number of hydrogen-bond donors (Lipinski definition) is 1. The minimum atomic E-state index is -0.807. The van der Waals surface area contributed by atoms with E-state index in [0.717, 1.165) is 5.69 Å².